The van der Waals surface area contributed by atoms with Gasteiger partial charge in [-0.2, -0.15) is 5.10 Å². The highest BCUT2D eigenvalue weighted by Crippen LogP contribution is 2.42. The number of anilines is 1. The van der Waals surface area contributed by atoms with Crippen LogP contribution in [0.4, 0.5) is 10.2 Å². The molecular weight excluding hydrogens is 349 g/mol. The van der Waals surface area contributed by atoms with Gasteiger partial charge in [-0.15, -0.1) is 0 Å². The second kappa shape index (κ2) is 5.42. The van der Waals surface area contributed by atoms with Crippen LogP contribution in [0.3, 0.4) is 0 Å². The number of aromatic nitrogens is 3. The van der Waals surface area contributed by atoms with Crippen molar-refractivity contribution in [2.24, 2.45) is 0 Å². The number of rotatable bonds is 0. The molecule has 0 saturated heterocycles. The minimum Gasteiger partial charge on any atom is -0.485 e. The average molecular weight is 367 g/mol. The van der Waals surface area contributed by atoms with Crippen molar-refractivity contribution >= 4 is 17.4 Å². The van der Waals surface area contributed by atoms with Crippen molar-refractivity contribution < 1.29 is 13.9 Å². The molecule has 8 heteroatoms. The zero-order valence-electron chi connectivity index (χ0n) is 14.9. The lowest BCUT2D eigenvalue weighted by Gasteiger charge is -2.25. The first-order chi connectivity index (χ1) is 12.9. The SMILES string of the molecule is C[C@H]1Nc2ccn3ncc(c3n2)C(=O)NCC2(C)Cc3c(F)ccc1c3O2. The Morgan fingerprint density at radius 2 is 2.22 bits per heavy atom. The Balaban J connectivity index is 1.68. The first kappa shape index (κ1) is 16.0. The van der Waals surface area contributed by atoms with Crippen LogP contribution in [-0.2, 0) is 6.42 Å². The van der Waals surface area contributed by atoms with Crippen molar-refractivity contribution in [1.82, 2.24) is 19.9 Å². The molecule has 2 aliphatic heterocycles. The fourth-order valence-electron chi connectivity index (χ4n) is 3.77. The highest BCUT2D eigenvalue weighted by atomic mass is 19.1. The van der Waals surface area contributed by atoms with Gasteiger partial charge in [0.05, 0.1) is 18.8 Å². The molecule has 4 bridgehead atoms. The topological polar surface area (TPSA) is 80.5 Å². The van der Waals surface area contributed by atoms with Gasteiger partial charge < -0.3 is 15.4 Å². The van der Waals surface area contributed by atoms with E-state index in [0.717, 1.165) is 5.56 Å². The van der Waals surface area contributed by atoms with Gasteiger partial charge in [0, 0.05) is 23.7 Å². The Morgan fingerprint density at radius 3 is 3.07 bits per heavy atom. The predicted octanol–water partition coefficient (Wildman–Crippen LogP) is 2.48. The van der Waals surface area contributed by atoms with Gasteiger partial charge in [-0.1, -0.05) is 6.07 Å². The van der Waals surface area contributed by atoms with Gasteiger partial charge in [-0.25, -0.2) is 13.9 Å². The molecule has 138 valence electrons. The molecule has 0 fully saturated rings. The van der Waals surface area contributed by atoms with E-state index in [2.05, 4.69) is 20.7 Å². The summed E-state index contributed by atoms with van der Waals surface area (Å²) in [6.07, 6.45) is 3.63. The van der Waals surface area contributed by atoms with Crippen molar-refractivity contribution in [2.45, 2.75) is 31.9 Å². The Labute approximate surface area is 154 Å². The van der Waals surface area contributed by atoms with E-state index in [-0.39, 0.29) is 24.3 Å². The number of benzene rings is 1. The van der Waals surface area contributed by atoms with Gasteiger partial charge in [0.1, 0.15) is 28.5 Å². The number of hydrogen-bond acceptors (Lipinski definition) is 5. The molecule has 0 saturated carbocycles. The van der Waals surface area contributed by atoms with Gasteiger partial charge in [-0.05, 0) is 26.0 Å². The van der Waals surface area contributed by atoms with E-state index in [4.69, 9.17) is 4.74 Å². The maximum Gasteiger partial charge on any atom is 0.256 e. The van der Waals surface area contributed by atoms with Crippen molar-refractivity contribution in [2.75, 3.05) is 11.9 Å². The molecule has 1 aromatic carbocycles. The summed E-state index contributed by atoms with van der Waals surface area (Å²) in [4.78, 5) is 17.2. The van der Waals surface area contributed by atoms with Crippen LogP contribution in [0, 0.1) is 5.82 Å². The quantitative estimate of drug-likeness (QED) is 0.638. The Hall–Kier alpha value is -3.16. The number of halogens is 1. The van der Waals surface area contributed by atoms with Crippen LogP contribution in [0.15, 0.2) is 30.6 Å². The number of nitrogens with zero attached hydrogens (tertiary/aromatic N) is 3. The molecule has 2 N–H and O–H groups in total. The summed E-state index contributed by atoms with van der Waals surface area (Å²) in [5.74, 6) is 0.572. The normalized spacial score (nSPS) is 23.8. The van der Waals surface area contributed by atoms with Crippen LogP contribution in [0.2, 0.25) is 0 Å². The number of amides is 1. The molecule has 27 heavy (non-hydrogen) atoms. The molecular formula is C19H18FN5O2. The Bertz CT molecular complexity index is 1100. The molecule has 0 aliphatic carbocycles. The van der Waals surface area contributed by atoms with E-state index >= 15 is 0 Å². The predicted molar refractivity (Wildman–Crippen MR) is 96.5 cm³/mol. The third-order valence-corrected chi connectivity index (χ3v) is 5.20. The lowest BCUT2D eigenvalue weighted by molar-refractivity contribution is 0.0839. The standard InChI is InChI=1S/C19H18FN5O2/c1-10-11-3-4-14(20)12-7-19(2,27-16(11)12)9-21-18(26)13-8-22-25-6-5-15(23-10)24-17(13)25/h3-6,8,10H,7,9H2,1-2H3,(H,21,26)(H,23,24)/t10-,19?/m1/s1. The maximum absolute atomic E-state index is 14.4. The summed E-state index contributed by atoms with van der Waals surface area (Å²) in [6, 6.07) is 4.83. The minimum atomic E-state index is -0.721. The summed E-state index contributed by atoms with van der Waals surface area (Å²) in [6.45, 7) is 4.09. The smallest absolute Gasteiger partial charge is 0.256 e. The van der Waals surface area contributed by atoms with E-state index in [1.54, 1.807) is 22.8 Å². The number of ether oxygens (including phenoxy) is 1. The Kier molecular flexibility index (Phi) is 3.22. The molecule has 0 spiro atoms. The molecule has 7 nitrogen and oxygen atoms in total. The highest BCUT2D eigenvalue weighted by molar-refractivity contribution is 5.99. The van der Waals surface area contributed by atoms with Crippen molar-refractivity contribution in [1.29, 1.82) is 0 Å². The van der Waals surface area contributed by atoms with Gasteiger partial charge in [0.25, 0.3) is 5.91 Å². The van der Waals surface area contributed by atoms with Crippen LogP contribution in [0.1, 0.15) is 41.4 Å². The number of carbonyl (C=O) groups excluding carboxylic acids is 1. The molecule has 2 aromatic heterocycles. The molecule has 1 amide bonds. The van der Waals surface area contributed by atoms with Crippen LogP contribution in [0.5, 0.6) is 5.75 Å². The molecule has 2 aliphatic rings. The lowest BCUT2D eigenvalue weighted by atomic mass is 9.96. The zero-order valence-corrected chi connectivity index (χ0v) is 14.9. The van der Waals surface area contributed by atoms with E-state index in [0.29, 0.717) is 34.8 Å². The first-order valence-electron chi connectivity index (χ1n) is 8.83. The third-order valence-electron chi connectivity index (χ3n) is 5.20. The van der Waals surface area contributed by atoms with E-state index in [1.807, 2.05) is 13.8 Å². The van der Waals surface area contributed by atoms with Gasteiger partial charge >= 0.3 is 0 Å². The monoisotopic (exact) mass is 367 g/mol. The summed E-state index contributed by atoms with van der Waals surface area (Å²) >= 11 is 0. The number of hydrogen-bond donors (Lipinski definition) is 2. The minimum absolute atomic E-state index is 0.160. The second-order valence-electron chi connectivity index (χ2n) is 7.36. The Morgan fingerprint density at radius 1 is 1.37 bits per heavy atom. The third kappa shape index (κ3) is 2.43. The average Bonchev–Trinajstić information content (AvgIpc) is 3.21. The van der Waals surface area contributed by atoms with Crippen molar-refractivity contribution in [3.8, 4) is 5.75 Å². The fourth-order valence-corrected chi connectivity index (χ4v) is 3.77. The zero-order chi connectivity index (χ0) is 18.8. The van der Waals surface area contributed by atoms with Crippen molar-refractivity contribution in [3.63, 3.8) is 0 Å². The van der Waals surface area contributed by atoms with E-state index in [9.17, 15) is 9.18 Å². The summed E-state index contributed by atoms with van der Waals surface area (Å²) in [7, 11) is 0. The molecule has 4 heterocycles. The molecule has 2 atom stereocenters. The van der Waals surface area contributed by atoms with Crippen LogP contribution in [-0.4, -0.2) is 32.7 Å². The molecule has 3 aromatic rings. The lowest BCUT2D eigenvalue weighted by Crippen LogP contribution is -2.44. The summed E-state index contributed by atoms with van der Waals surface area (Å²) in [5.41, 5.74) is 1.54. The summed E-state index contributed by atoms with van der Waals surface area (Å²) in [5, 5.41) is 10.4. The highest BCUT2D eigenvalue weighted by Gasteiger charge is 2.39. The van der Waals surface area contributed by atoms with Gasteiger partial charge in [0.2, 0.25) is 0 Å². The first-order valence-corrected chi connectivity index (χ1v) is 8.83. The fraction of sp³-hybridized carbons (Fsp3) is 0.316. The summed E-state index contributed by atoms with van der Waals surface area (Å²) < 4.78 is 22.1. The largest absolute Gasteiger partial charge is 0.485 e. The van der Waals surface area contributed by atoms with Crippen LogP contribution in [0.25, 0.3) is 5.65 Å². The number of fused-ring (bicyclic) bond motifs is 2. The van der Waals surface area contributed by atoms with E-state index in [1.165, 1.54) is 12.3 Å². The second-order valence-corrected chi connectivity index (χ2v) is 7.36. The maximum atomic E-state index is 14.4. The van der Waals surface area contributed by atoms with Gasteiger partial charge in [-0.3, -0.25) is 4.79 Å². The van der Waals surface area contributed by atoms with Crippen LogP contribution < -0.4 is 15.4 Å². The molecule has 1 unspecified atom stereocenters. The van der Waals surface area contributed by atoms with Crippen LogP contribution >= 0.6 is 0 Å². The van der Waals surface area contributed by atoms with E-state index < -0.39 is 5.60 Å². The van der Waals surface area contributed by atoms with Crippen molar-refractivity contribution in [3.05, 3.63) is 53.1 Å². The number of nitrogens with one attached hydrogen (secondary N) is 2. The van der Waals surface area contributed by atoms with Gasteiger partial charge in [0.15, 0.2) is 5.65 Å². The molecule has 0 radical (unpaired) electrons. The molecule has 5 rings (SSSR count). The number of carbonyl (C=O) groups is 1.